The first-order valence-electron chi connectivity index (χ1n) is 9.27. The molecule has 1 aliphatic rings. The zero-order valence-corrected chi connectivity index (χ0v) is 17.5. The van der Waals surface area contributed by atoms with Crippen LogP contribution >= 0.6 is 11.8 Å². The number of furan rings is 1. The number of esters is 3. The van der Waals surface area contributed by atoms with Gasteiger partial charge in [0.05, 0.1) is 6.26 Å². The van der Waals surface area contributed by atoms with E-state index in [2.05, 4.69) is 0 Å². The smallest absolute Gasteiger partial charge is 0.303 e. The molecule has 0 unspecified atom stereocenters. The first kappa shape index (κ1) is 21.8. The van der Waals surface area contributed by atoms with Gasteiger partial charge in [-0.2, -0.15) is 0 Å². The molecule has 0 aliphatic carbocycles. The fourth-order valence-corrected chi connectivity index (χ4v) is 4.33. The normalized spacial score (nSPS) is 23.3. The van der Waals surface area contributed by atoms with E-state index in [-0.39, 0.29) is 0 Å². The van der Waals surface area contributed by atoms with E-state index >= 15 is 0 Å². The molecule has 2 aromatic rings. The average Bonchev–Trinajstić information content (AvgIpc) is 3.20. The van der Waals surface area contributed by atoms with Crippen LogP contribution in [0.1, 0.15) is 20.8 Å². The summed E-state index contributed by atoms with van der Waals surface area (Å²) in [7, 11) is 0. The lowest BCUT2D eigenvalue weighted by Crippen LogP contribution is -2.55. The summed E-state index contributed by atoms with van der Waals surface area (Å²) in [6.45, 7) is 3.75. The highest BCUT2D eigenvalue weighted by Crippen LogP contribution is 2.35. The maximum absolute atomic E-state index is 11.7. The summed E-state index contributed by atoms with van der Waals surface area (Å²) in [6.07, 6.45) is -1.15. The molecule has 0 N–H and O–H groups in total. The van der Waals surface area contributed by atoms with Gasteiger partial charge in [0.25, 0.3) is 0 Å². The Balaban J connectivity index is 1.85. The maximum Gasteiger partial charge on any atom is 0.303 e. The van der Waals surface area contributed by atoms with Crippen molar-refractivity contribution in [3.8, 4) is 17.1 Å². The summed E-state index contributed by atoms with van der Waals surface area (Å²) in [5.41, 5.74) is 0.133. The van der Waals surface area contributed by atoms with Gasteiger partial charge in [0.15, 0.2) is 23.7 Å². The Bertz CT molecular complexity index is 894. The molecule has 1 aromatic carbocycles. The summed E-state index contributed by atoms with van der Waals surface area (Å²) in [6, 6.07) is 10.9. The van der Waals surface area contributed by atoms with Gasteiger partial charge in [-0.1, -0.05) is 12.1 Å². The van der Waals surface area contributed by atoms with Crippen molar-refractivity contribution in [1.82, 2.24) is 0 Å². The first-order valence-corrected chi connectivity index (χ1v) is 10.3. The van der Waals surface area contributed by atoms with Crippen LogP contribution in [0.15, 0.2) is 47.1 Å². The number of hydrogen-bond acceptors (Lipinski definition) is 9. The van der Waals surface area contributed by atoms with Gasteiger partial charge in [-0.25, -0.2) is 0 Å². The predicted octanol–water partition coefficient (Wildman–Crippen LogP) is 3.19. The maximum atomic E-state index is 11.7. The van der Waals surface area contributed by atoms with Gasteiger partial charge < -0.3 is 23.4 Å². The third kappa shape index (κ3) is 5.56. The Morgan fingerprint density at radius 1 is 0.933 bits per heavy atom. The zero-order chi connectivity index (χ0) is 21.7. The molecule has 160 valence electrons. The molecule has 0 bridgehead atoms. The van der Waals surface area contributed by atoms with Crippen LogP contribution in [0.25, 0.3) is 11.3 Å². The highest BCUT2D eigenvalue weighted by molar-refractivity contribution is 7.99. The van der Waals surface area contributed by atoms with Crippen molar-refractivity contribution in [3.05, 3.63) is 42.7 Å². The number of rotatable bonds is 6. The fraction of sp³-hybridized carbons (Fsp3) is 0.381. The van der Waals surface area contributed by atoms with Crippen molar-refractivity contribution in [3.63, 3.8) is 0 Å². The van der Waals surface area contributed by atoms with Crippen LogP contribution in [-0.4, -0.2) is 47.4 Å². The minimum atomic E-state index is -0.991. The Morgan fingerprint density at radius 3 is 2.27 bits per heavy atom. The van der Waals surface area contributed by atoms with E-state index in [9.17, 15) is 14.4 Å². The van der Waals surface area contributed by atoms with Crippen LogP contribution in [0.2, 0.25) is 0 Å². The Kier molecular flexibility index (Phi) is 7.04. The van der Waals surface area contributed by atoms with Crippen molar-refractivity contribution < 1.29 is 37.7 Å². The van der Waals surface area contributed by atoms with Gasteiger partial charge in [-0.3, -0.25) is 14.4 Å². The second kappa shape index (κ2) is 9.71. The number of benzene rings is 1. The Hall–Kier alpha value is -2.94. The van der Waals surface area contributed by atoms with Crippen molar-refractivity contribution in [1.29, 1.82) is 0 Å². The van der Waals surface area contributed by atoms with Crippen LogP contribution in [-0.2, 0) is 28.6 Å². The van der Waals surface area contributed by atoms with Gasteiger partial charge in [-0.15, -0.1) is 11.8 Å². The molecular formula is C21H22O8S. The van der Waals surface area contributed by atoms with E-state index in [0.717, 1.165) is 5.56 Å². The molecule has 0 spiro atoms. The van der Waals surface area contributed by atoms with Crippen molar-refractivity contribution >= 4 is 29.7 Å². The van der Waals surface area contributed by atoms with E-state index in [1.165, 1.54) is 32.5 Å². The van der Waals surface area contributed by atoms with E-state index < -0.39 is 41.7 Å². The summed E-state index contributed by atoms with van der Waals surface area (Å²) < 4.78 is 27.6. The Labute approximate surface area is 177 Å². The minimum absolute atomic E-state index is 0.303. The molecule has 3 rings (SSSR count). The van der Waals surface area contributed by atoms with Crippen molar-refractivity contribution in [2.24, 2.45) is 0 Å². The van der Waals surface area contributed by atoms with Crippen LogP contribution in [0.5, 0.6) is 5.75 Å². The lowest BCUT2D eigenvalue weighted by Gasteiger charge is -2.39. The zero-order valence-electron chi connectivity index (χ0n) is 16.7. The molecule has 1 aliphatic heterocycles. The van der Waals surface area contributed by atoms with Crippen LogP contribution in [0.3, 0.4) is 0 Å². The molecule has 0 amide bonds. The second-order valence-electron chi connectivity index (χ2n) is 6.62. The molecular weight excluding hydrogens is 412 g/mol. The quantitative estimate of drug-likeness (QED) is 0.501. The predicted molar refractivity (Wildman–Crippen MR) is 108 cm³/mol. The van der Waals surface area contributed by atoms with E-state index in [0.29, 0.717) is 17.3 Å². The number of thioether (sulfide) groups is 1. The Morgan fingerprint density at radius 2 is 1.63 bits per heavy atom. The molecule has 1 saturated heterocycles. The lowest BCUT2D eigenvalue weighted by atomic mass is 10.1. The van der Waals surface area contributed by atoms with Crippen molar-refractivity contribution in [2.45, 2.75) is 44.5 Å². The van der Waals surface area contributed by atoms with Gasteiger partial charge in [0.1, 0.15) is 11.5 Å². The topological polar surface area (TPSA) is 101 Å². The average molecular weight is 434 g/mol. The van der Waals surface area contributed by atoms with Gasteiger partial charge in [0, 0.05) is 32.1 Å². The molecule has 0 saturated carbocycles. The molecule has 2 heterocycles. The monoisotopic (exact) mass is 434 g/mol. The van der Waals surface area contributed by atoms with Crippen molar-refractivity contribution in [2.75, 3.05) is 5.75 Å². The third-order valence-corrected chi connectivity index (χ3v) is 5.41. The van der Waals surface area contributed by atoms with Gasteiger partial charge >= 0.3 is 17.9 Å². The minimum Gasteiger partial charge on any atom is -0.476 e. The summed E-state index contributed by atoms with van der Waals surface area (Å²) in [5, 5.41) is 0. The molecule has 9 heteroatoms. The summed E-state index contributed by atoms with van der Waals surface area (Å²) in [4.78, 5) is 34.9. The number of carbonyl (C=O) groups excluding carboxylic acids is 3. The second-order valence-corrected chi connectivity index (χ2v) is 7.75. The largest absolute Gasteiger partial charge is 0.476 e. The standard InChI is InChI=1S/C21H22O8S/c1-12(22)26-18-11-30-21(20(28-14(3)24)19(18)27-13(2)23)29-16-7-4-6-15(10-16)17-8-5-9-25-17/h4-10,18-21H,11H2,1-3H3/t18-,19+,20-,21+/m1/s1. The number of hydrogen-bond donors (Lipinski definition) is 0. The molecule has 4 atom stereocenters. The van der Waals surface area contributed by atoms with E-state index in [1.54, 1.807) is 24.5 Å². The molecule has 8 nitrogen and oxygen atoms in total. The van der Waals surface area contributed by atoms with Crippen LogP contribution in [0.4, 0.5) is 0 Å². The summed E-state index contributed by atoms with van der Waals surface area (Å²) in [5.74, 6) is -0.173. The lowest BCUT2D eigenvalue weighted by molar-refractivity contribution is -0.186. The van der Waals surface area contributed by atoms with Gasteiger partial charge in [0.2, 0.25) is 0 Å². The van der Waals surface area contributed by atoms with E-state index in [1.807, 2.05) is 18.2 Å². The SMILES string of the molecule is CC(=O)O[C@@H]1[C@@H](OC(C)=O)[C@@H](Oc2cccc(-c3ccco3)c2)SC[C@H]1OC(C)=O. The first-order chi connectivity index (χ1) is 14.3. The molecule has 30 heavy (non-hydrogen) atoms. The van der Waals surface area contributed by atoms with Crippen LogP contribution < -0.4 is 4.74 Å². The number of carbonyl (C=O) groups is 3. The summed E-state index contributed by atoms with van der Waals surface area (Å²) >= 11 is 1.30. The molecule has 1 fully saturated rings. The highest BCUT2D eigenvalue weighted by atomic mass is 32.2. The number of ether oxygens (including phenoxy) is 4. The third-order valence-electron chi connectivity index (χ3n) is 4.20. The molecule has 0 radical (unpaired) electrons. The van der Waals surface area contributed by atoms with Gasteiger partial charge in [-0.05, 0) is 24.3 Å². The fourth-order valence-electron chi connectivity index (χ4n) is 3.11. The van der Waals surface area contributed by atoms with E-state index in [4.69, 9.17) is 23.4 Å². The van der Waals surface area contributed by atoms with Crippen LogP contribution in [0, 0.1) is 0 Å². The highest BCUT2D eigenvalue weighted by Gasteiger charge is 2.47. The molecule has 1 aromatic heterocycles.